The van der Waals surface area contributed by atoms with Crippen LogP contribution < -0.4 is 4.90 Å². The standard InChI is InChI=1S/C29H33N5O2S/c1-23-9-11-24(12-10-23)20-27-30-29(37-31-27)34(22-26-8-5-19-36-26)14-13-28(35)33-17-15-32(16-18-33)21-25-6-3-2-4-7-25/h2-12,19H,13-18,20-22H2,1H3. The Kier molecular flexibility index (Phi) is 8.28. The Bertz CT molecular complexity index is 1250. The second kappa shape index (κ2) is 12.2. The number of furan rings is 1. The third kappa shape index (κ3) is 7.05. The van der Waals surface area contributed by atoms with Crippen molar-refractivity contribution in [3.05, 3.63) is 101 Å². The molecule has 2 aromatic heterocycles. The molecule has 0 atom stereocenters. The Morgan fingerprint density at radius 2 is 1.76 bits per heavy atom. The van der Waals surface area contributed by atoms with Crippen LogP contribution in [0.25, 0.3) is 0 Å². The lowest BCUT2D eigenvalue weighted by molar-refractivity contribution is -0.132. The largest absolute Gasteiger partial charge is 0.467 e. The fraction of sp³-hybridized carbons (Fsp3) is 0.345. The summed E-state index contributed by atoms with van der Waals surface area (Å²) < 4.78 is 10.2. The third-order valence-corrected chi connectivity index (χ3v) is 7.52. The fourth-order valence-corrected chi connectivity index (χ4v) is 5.26. The second-order valence-corrected chi connectivity index (χ2v) is 10.3. The molecule has 1 fully saturated rings. The quantitative estimate of drug-likeness (QED) is 0.303. The Morgan fingerprint density at radius 3 is 2.49 bits per heavy atom. The average molecular weight is 516 g/mol. The number of piperazine rings is 1. The number of amides is 1. The van der Waals surface area contributed by atoms with Gasteiger partial charge in [0.25, 0.3) is 0 Å². The van der Waals surface area contributed by atoms with Gasteiger partial charge in [-0.3, -0.25) is 9.69 Å². The molecule has 7 nitrogen and oxygen atoms in total. The third-order valence-electron chi connectivity index (χ3n) is 6.71. The van der Waals surface area contributed by atoms with Crippen LogP contribution in [-0.2, 0) is 24.3 Å². The van der Waals surface area contributed by atoms with Crippen molar-refractivity contribution >= 4 is 22.6 Å². The molecule has 1 saturated heterocycles. The molecular formula is C29H33N5O2S. The first-order valence-corrected chi connectivity index (χ1v) is 13.6. The highest BCUT2D eigenvalue weighted by Gasteiger charge is 2.23. The summed E-state index contributed by atoms with van der Waals surface area (Å²) in [5.41, 5.74) is 3.74. The van der Waals surface area contributed by atoms with E-state index < -0.39 is 0 Å². The minimum absolute atomic E-state index is 0.188. The number of anilines is 1. The maximum atomic E-state index is 13.1. The van der Waals surface area contributed by atoms with E-state index in [2.05, 4.69) is 69.6 Å². The highest BCUT2D eigenvalue weighted by Crippen LogP contribution is 2.22. The Balaban J connectivity index is 1.17. The van der Waals surface area contributed by atoms with Gasteiger partial charge in [0.2, 0.25) is 11.0 Å². The van der Waals surface area contributed by atoms with Crippen molar-refractivity contribution in [1.29, 1.82) is 0 Å². The lowest BCUT2D eigenvalue weighted by Crippen LogP contribution is -2.48. The number of hydrogen-bond acceptors (Lipinski definition) is 7. The second-order valence-electron chi connectivity index (χ2n) is 9.55. The van der Waals surface area contributed by atoms with E-state index in [0.717, 1.165) is 49.4 Å². The molecule has 0 radical (unpaired) electrons. The summed E-state index contributed by atoms with van der Waals surface area (Å²) >= 11 is 1.38. The molecule has 8 heteroatoms. The number of nitrogens with zero attached hydrogens (tertiary/aromatic N) is 5. The maximum absolute atomic E-state index is 13.1. The van der Waals surface area contributed by atoms with Crippen LogP contribution in [0.15, 0.2) is 77.4 Å². The van der Waals surface area contributed by atoms with Gasteiger partial charge in [0.05, 0.1) is 12.8 Å². The van der Waals surface area contributed by atoms with Crippen LogP contribution in [0.5, 0.6) is 0 Å². The lowest BCUT2D eigenvalue weighted by atomic mass is 10.1. The van der Waals surface area contributed by atoms with Crippen LogP contribution in [0.4, 0.5) is 5.13 Å². The van der Waals surface area contributed by atoms with Crippen molar-refractivity contribution in [3.63, 3.8) is 0 Å². The maximum Gasteiger partial charge on any atom is 0.224 e. The molecule has 1 aliphatic rings. The number of carbonyl (C=O) groups excluding carboxylic acids is 1. The summed E-state index contributed by atoms with van der Waals surface area (Å²) in [6, 6.07) is 22.8. The number of aromatic nitrogens is 2. The van der Waals surface area contributed by atoms with Crippen LogP contribution in [0.1, 0.15) is 34.7 Å². The summed E-state index contributed by atoms with van der Waals surface area (Å²) in [5.74, 6) is 1.83. The van der Waals surface area contributed by atoms with Crippen molar-refractivity contribution in [2.75, 3.05) is 37.6 Å². The molecule has 0 saturated carbocycles. The molecule has 0 N–H and O–H groups in total. The fourth-order valence-electron chi connectivity index (χ4n) is 4.55. The van der Waals surface area contributed by atoms with Crippen LogP contribution >= 0.6 is 11.5 Å². The Hall–Kier alpha value is -3.49. The van der Waals surface area contributed by atoms with Crippen molar-refractivity contribution in [1.82, 2.24) is 19.2 Å². The van der Waals surface area contributed by atoms with E-state index in [-0.39, 0.29) is 5.91 Å². The van der Waals surface area contributed by atoms with Crippen molar-refractivity contribution in [3.8, 4) is 0 Å². The zero-order valence-corrected chi connectivity index (χ0v) is 22.1. The van der Waals surface area contributed by atoms with Gasteiger partial charge in [0.1, 0.15) is 11.6 Å². The highest BCUT2D eigenvalue weighted by molar-refractivity contribution is 7.09. The van der Waals surface area contributed by atoms with Crippen LogP contribution in [0.2, 0.25) is 0 Å². The van der Waals surface area contributed by atoms with Gasteiger partial charge in [-0.2, -0.15) is 4.37 Å². The number of rotatable bonds is 10. The predicted molar refractivity (Wildman–Crippen MR) is 147 cm³/mol. The minimum Gasteiger partial charge on any atom is -0.467 e. The van der Waals surface area contributed by atoms with Crippen molar-refractivity contribution in [2.24, 2.45) is 0 Å². The molecule has 3 heterocycles. The zero-order chi connectivity index (χ0) is 25.5. The van der Waals surface area contributed by atoms with Gasteiger partial charge in [0.15, 0.2) is 0 Å². The van der Waals surface area contributed by atoms with Gasteiger partial charge in [-0.15, -0.1) is 0 Å². The van der Waals surface area contributed by atoms with Gasteiger partial charge in [-0.05, 0) is 30.2 Å². The van der Waals surface area contributed by atoms with Crippen LogP contribution in [0, 0.1) is 6.92 Å². The smallest absolute Gasteiger partial charge is 0.224 e. The first kappa shape index (κ1) is 25.2. The summed E-state index contributed by atoms with van der Waals surface area (Å²) in [5, 5.41) is 0.819. The normalized spacial score (nSPS) is 14.1. The topological polar surface area (TPSA) is 65.7 Å². The molecule has 0 spiro atoms. The molecule has 0 unspecified atom stereocenters. The molecule has 192 valence electrons. The molecule has 2 aromatic carbocycles. The summed E-state index contributed by atoms with van der Waals surface area (Å²) in [6.07, 6.45) is 2.81. The molecule has 1 aliphatic heterocycles. The van der Waals surface area contributed by atoms with E-state index in [4.69, 9.17) is 9.40 Å². The number of hydrogen-bond donors (Lipinski definition) is 0. The molecule has 37 heavy (non-hydrogen) atoms. The van der Waals surface area contributed by atoms with Gasteiger partial charge in [-0.1, -0.05) is 60.2 Å². The first-order chi connectivity index (χ1) is 18.1. The van der Waals surface area contributed by atoms with E-state index >= 15 is 0 Å². The molecule has 0 aliphatic carbocycles. The first-order valence-electron chi connectivity index (χ1n) is 12.8. The zero-order valence-electron chi connectivity index (χ0n) is 21.3. The van der Waals surface area contributed by atoms with Gasteiger partial charge in [-0.25, -0.2) is 4.98 Å². The Labute approximate surface area is 222 Å². The monoisotopic (exact) mass is 515 g/mol. The average Bonchev–Trinajstić information content (AvgIpc) is 3.61. The van der Waals surface area contributed by atoms with Gasteiger partial charge < -0.3 is 14.2 Å². The van der Waals surface area contributed by atoms with E-state index in [1.807, 2.05) is 23.1 Å². The summed E-state index contributed by atoms with van der Waals surface area (Å²) in [4.78, 5) is 24.4. The van der Waals surface area contributed by atoms with Gasteiger partial charge in [0, 0.05) is 63.6 Å². The molecule has 1 amide bonds. The van der Waals surface area contributed by atoms with Crippen LogP contribution in [0.3, 0.4) is 0 Å². The molecule has 0 bridgehead atoms. The Morgan fingerprint density at radius 1 is 0.973 bits per heavy atom. The van der Waals surface area contributed by atoms with Crippen molar-refractivity contribution < 1.29 is 9.21 Å². The SMILES string of the molecule is Cc1ccc(Cc2nsc(N(CCC(=O)N3CCN(Cc4ccccc4)CC3)Cc3ccco3)n2)cc1. The number of carbonyl (C=O) groups is 1. The van der Waals surface area contributed by atoms with E-state index in [1.165, 1.54) is 28.2 Å². The van der Waals surface area contributed by atoms with E-state index in [0.29, 0.717) is 25.9 Å². The summed E-state index contributed by atoms with van der Waals surface area (Å²) in [7, 11) is 0. The lowest BCUT2D eigenvalue weighted by Gasteiger charge is -2.35. The number of benzene rings is 2. The van der Waals surface area contributed by atoms with E-state index in [1.54, 1.807) is 6.26 Å². The molecule has 4 aromatic rings. The van der Waals surface area contributed by atoms with Crippen molar-refractivity contribution in [2.45, 2.75) is 32.9 Å². The predicted octanol–water partition coefficient (Wildman–Crippen LogP) is 4.77. The highest BCUT2D eigenvalue weighted by atomic mass is 32.1. The molecular weight excluding hydrogens is 482 g/mol. The van der Waals surface area contributed by atoms with Gasteiger partial charge >= 0.3 is 0 Å². The summed E-state index contributed by atoms with van der Waals surface area (Å²) in [6.45, 7) is 7.48. The van der Waals surface area contributed by atoms with E-state index in [9.17, 15) is 4.79 Å². The molecule has 5 rings (SSSR count). The minimum atomic E-state index is 0.188. The van der Waals surface area contributed by atoms with Crippen LogP contribution in [-0.4, -0.2) is 57.8 Å². The number of aryl methyl sites for hydroxylation is 1.